The van der Waals surface area contributed by atoms with Crippen LogP contribution in [0.4, 0.5) is 13.2 Å². The molecule has 0 aliphatic heterocycles. The summed E-state index contributed by atoms with van der Waals surface area (Å²) in [6.45, 7) is 0. The molecule has 5 nitrogen and oxygen atoms in total. The van der Waals surface area contributed by atoms with Gasteiger partial charge in [-0.05, 0) is 41.3 Å². The summed E-state index contributed by atoms with van der Waals surface area (Å²) in [7, 11) is 0. The fraction of sp³-hybridized carbons (Fsp3) is 0.190. The Hall–Kier alpha value is -3.13. The normalized spacial score (nSPS) is 11.7. The van der Waals surface area contributed by atoms with Gasteiger partial charge >= 0.3 is 6.36 Å². The van der Waals surface area contributed by atoms with Gasteiger partial charge in [0.05, 0.1) is 5.02 Å². The number of fused-ring (bicyclic) bond motifs is 1. The van der Waals surface area contributed by atoms with Gasteiger partial charge in [-0.25, -0.2) is 15.0 Å². The summed E-state index contributed by atoms with van der Waals surface area (Å²) in [6.07, 6.45) is 4.19. The van der Waals surface area contributed by atoms with Crippen LogP contribution in [0.3, 0.4) is 0 Å². The van der Waals surface area contributed by atoms with Crippen LogP contribution in [0.25, 0.3) is 11.0 Å². The third-order valence-electron chi connectivity index (χ3n) is 4.53. The average Bonchev–Trinajstić information content (AvgIpc) is 3.09. The highest BCUT2D eigenvalue weighted by atomic mass is 35.5. The Kier molecular flexibility index (Phi) is 5.59. The summed E-state index contributed by atoms with van der Waals surface area (Å²) in [5.74, 6) is 0.429. The Morgan fingerprint density at radius 1 is 0.933 bits per heavy atom. The molecular formula is C21H16ClF3N4O. The van der Waals surface area contributed by atoms with Crippen LogP contribution >= 0.6 is 11.6 Å². The molecule has 0 unspecified atom stereocenters. The average molecular weight is 433 g/mol. The number of halogens is 4. The number of hydrogen-bond acceptors (Lipinski definition) is 4. The molecule has 4 rings (SSSR count). The number of aromatic nitrogens is 4. The highest BCUT2D eigenvalue weighted by molar-refractivity contribution is 6.31. The molecule has 0 aliphatic rings. The molecule has 1 aromatic carbocycles. The molecule has 154 valence electrons. The summed E-state index contributed by atoms with van der Waals surface area (Å²) in [5, 5.41) is 1.54. The van der Waals surface area contributed by atoms with Crippen molar-refractivity contribution in [3.63, 3.8) is 0 Å². The van der Waals surface area contributed by atoms with E-state index in [1.54, 1.807) is 30.7 Å². The van der Waals surface area contributed by atoms with Crippen molar-refractivity contribution in [3.8, 4) is 5.75 Å². The van der Waals surface area contributed by atoms with E-state index in [4.69, 9.17) is 11.6 Å². The molecule has 0 aliphatic carbocycles. The Morgan fingerprint density at radius 3 is 2.37 bits per heavy atom. The lowest BCUT2D eigenvalue weighted by Crippen LogP contribution is -2.17. The van der Waals surface area contributed by atoms with Gasteiger partial charge in [-0.1, -0.05) is 23.7 Å². The van der Waals surface area contributed by atoms with Crippen molar-refractivity contribution in [2.45, 2.75) is 25.6 Å². The second-order valence-corrected chi connectivity index (χ2v) is 7.18. The molecule has 0 atom stereocenters. The van der Waals surface area contributed by atoms with Gasteiger partial charge in [0, 0.05) is 43.0 Å². The Morgan fingerprint density at radius 2 is 1.67 bits per heavy atom. The Balaban J connectivity index is 1.36. The summed E-state index contributed by atoms with van der Waals surface area (Å²) in [4.78, 5) is 16.2. The molecule has 0 saturated heterocycles. The molecule has 4 aromatic rings. The zero-order valence-corrected chi connectivity index (χ0v) is 16.3. The molecule has 3 aromatic heterocycles. The molecule has 3 heterocycles. The van der Waals surface area contributed by atoms with E-state index in [2.05, 4.69) is 24.7 Å². The summed E-state index contributed by atoms with van der Waals surface area (Å²) in [6, 6.07) is 7.68. The maximum atomic E-state index is 12.2. The van der Waals surface area contributed by atoms with E-state index in [-0.39, 0.29) is 5.75 Å². The Bertz CT molecular complexity index is 1140. The molecule has 0 amide bonds. The van der Waals surface area contributed by atoms with E-state index < -0.39 is 6.36 Å². The minimum Gasteiger partial charge on any atom is -0.406 e. The lowest BCUT2D eigenvalue weighted by Gasteiger charge is -2.09. The van der Waals surface area contributed by atoms with Crippen molar-refractivity contribution in [2.75, 3.05) is 0 Å². The lowest BCUT2D eigenvalue weighted by molar-refractivity contribution is -0.274. The number of nitrogens with one attached hydrogen (secondary N) is 1. The first-order valence-electron chi connectivity index (χ1n) is 9.12. The number of aryl methyl sites for hydroxylation is 2. The molecular weight excluding hydrogens is 417 g/mol. The first-order valence-corrected chi connectivity index (χ1v) is 9.49. The molecule has 0 saturated carbocycles. The number of H-pyrrole nitrogens is 1. The van der Waals surface area contributed by atoms with Crippen LogP contribution in [-0.4, -0.2) is 26.3 Å². The first kappa shape index (κ1) is 20.2. The van der Waals surface area contributed by atoms with Crippen LogP contribution in [-0.2, 0) is 19.3 Å². The highest BCUT2D eigenvalue weighted by Crippen LogP contribution is 2.24. The predicted molar refractivity (Wildman–Crippen MR) is 106 cm³/mol. The van der Waals surface area contributed by atoms with Gasteiger partial charge in [-0.15, -0.1) is 13.2 Å². The minimum absolute atomic E-state index is 0.236. The molecule has 1 N–H and O–H groups in total. The fourth-order valence-electron chi connectivity index (χ4n) is 3.11. The standard InChI is InChI=1S/C21H16ClF3N4O/c22-16-8-18-15(11-28-20(18)29-12-16)7-14-9-26-19(27-10-14)6-3-13-1-4-17(5-2-13)30-21(23,24)25/h1-2,4-5,8-12H,3,6-7H2,(H,28,29). The quantitative estimate of drug-likeness (QED) is 0.450. The minimum atomic E-state index is -4.69. The lowest BCUT2D eigenvalue weighted by atomic mass is 10.1. The zero-order chi connectivity index (χ0) is 21.1. The number of pyridine rings is 1. The maximum Gasteiger partial charge on any atom is 0.573 e. The van der Waals surface area contributed by atoms with Gasteiger partial charge in [0.25, 0.3) is 0 Å². The van der Waals surface area contributed by atoms with Crippen LogP contribution < -0.4 is 4.74 Å². The molecule has 0 spiro atoms. The van der Waals surface area contributed by atoms with Gasteiger partial charge < -0.3 is 9.72 Å². The highest BCUT2D eigenvalue weighted by Gasteiger charge is 2.30. The summed E-state index contributed by atoms with van der Waals surface area (Å²) in [5.41, 5.74) is 3.66. The number of alkyl halides is 3. The van der Waals surface area contributed by atoms with Gasteiger partial charge in [0.15, 0.2) is 0 Å². The van der Waals surface area contributed by atoms with Crippen molar-refractivity contribution in [1.29, 1.82) is 0 Å². The SMILES string of the molecule is FC(F)(F)Oc1ccc(CCc2ncc(Cc3c[nH]c4ncc(Cl)cc34)cn2)cc1. The van der Waals surface area contributed by atoms with E-state index in [1.165, 1.54) is 12.1 Å². The smallest absolute Gasteiger partial charge is 0.406 e. The van der Waals surface area contributed by atoms with Crippen molar-refractivity contribution in [2.24, 2.45) is 0 Å². The fourth-order valence-corrected chi connectivity index (χ4v) is 3.27. The molecule has 30 heavy (non-hydrogen) atoms. The van der Waals surface area contributed by atoms with Crippen molar-refractivity contribution in [1.82, 2.24) is 19.9 Å². The third-order valence-corrected chi connectivity index (χ3v) is 4.74. The van der Waals surface area contributed by atoms with Crippen molar-refractivity contribution in [3.05, 3.63) is 82.7 Å². The van der Waals surface area contributed by atoms with E-state index in [9.17, 15) is 13.2 Å². The van der Waals surface area contributed by atoms with Crippen molar-refractivity contribution < 1.29 is 17.9 Å². The van der Waals surface area contributed by atoms with E-state index in [0.717, 1.165) is 27.7 Å². The van der Waals surface area contributed by atoms with Crippen LogP contribution in [0.1, 0.15) is 22.5 Å². The van der Waals surface area contributed by atoms with Crippen LogP contribution in [0, 0.1) is 0 Å². The second-order valence-electron chi connectivity index (χ2n) is 6.74. The van der Waals surface area contributed by atoms with Crippen molar-refractivity contribution >= 4 is 22.6 Å². The van der Waals surface area contributed by atoms with E-state index in [0.29, 0.717) is 30.1 Å². The number of benzene rings is 1. The summed E-state index contributed by atoms with van der Waals surface area (Å²) < 4.78 is 40.5. The van der Waals surface area contributed by atoms with Crippen LogP contribution in [0.2, 0.25) is 5.02 Å². The third kappa shape index (κ3) is 5.07. The van der Waals surface area contributed by atoms with Gasteiger partial charge in [0.1, 0.15) is 17.2 Å². The molecule has 0 radical (unpaired) electrons. The summed E-state index contributed by atoms with van der Waals surface area (Å²) >= 11 is 6.04. The maximum absolute atomic E-state index is 12.2. The number of aromatic amines is 1. The van der Waals surface area contributed by atoms with Crippen LogP contribution in [0.15, 0.2) is 55.1 Å². The van der Waals surface area contributed by atoms with Gasteiger partial charge in [0.2, 0.25) is 0 Å². The molecule has 0 fully saturated rings. The number of ether oxygens (including phenoxy) is 1. The largest absolute Gasteiger partial charge is 0.573 e. The Labute approximate surface area is 174 Å². The molecule has 0 bridgehead atoms. The zero-order valence-electron chi connectivity index (χ0n) is 15.6. The topological polar surface area (TPSA) is 63.7 Å². The van der Waals surface area contributed by atoms with E-state index >= 15 is 0 Å². The van der Waals surface area contributed by atoms with Crippen LogP contribution in [0.5, 0.6) is 5.75 Å². The molecule has 9 heteroatoms. The monoisotopic (exact) mass is 432 g/mol. The second kappa shape index (κ2) is 8.31. The van der Waals surface area contributed by atoms with E-state index in [1.807, 2.05) is 12.3 Å². The van der Waals surface area contributed by atoms with Gasteiger partial charge in [-0.3, -0.25) is 0 Å². The van der Waals surface area contributed by atoms with Gasteiger partial charge in [-0.2, -0.15) is 0 Å². The number of hydrogen-bond donors (Lipinski definition) is 1. The first-order chi connectivity index (χ1) is 14.4. The predicted octanol–water partition coefficient (Wildman–Crippen LogP) is 5.28. The number of nitrogens with zero attached hydrogens (tertiary/aromatic N) is 3. The number of rotatable bonds is 6.